The molecule has 1 fully saturated rings. The SMILES string of the molecule is Cc1cccc(C)c1N1CCCNC(CCO)C1. The highest BCUT2D eigenvalue weighted by molar-refractivity contribution is 5.59. The van der Waals surface area contributed by atoms with Crippen molar-refractivity contribution in [3.63, 3.8) is 0 Å². The largest absolute Gasteiger partial charge is 0.396 e. The molecule has 0 bridgehead atoms. The van der Waals surface area contributed by atoms with Crippen molar-refractivity contribution in [2.45, 2.75) is 32.7 Å². The predicted molar refractivity (Wildman–Crippen MR) is 76.2 cm³/mol. The number of nitrogens with one attached hydrogen (secondary N) is 1. The summed E-state index contributed by atoms with van der Waals surface area (Å²) in [5.74, 6) is 0. The van der Waals surface area contributed by atoms with Crippen LogP contribution < -0.4 is 10.2 Å². The Bertz CT molecular complexity index is 372. The van der Waals surface area contributed by atoms with Gasteiger partial charge < -0.3 is 15.3 Å². The fourth-order valence-corrected chi connectivity index (χ4v) is 2.85. The molecular formula is C15H24N2O. The van der Waals surface area contributed by atoms with E-state index in [-0.39, 0.29) is 6.61 Å². The zero-order chi connectivity index (χ0) is 13.0. The summed E-state index contributed by atoms with van der Waals surface area (Å²) in [6.45, 7) is 7.76. The van der Waals surface area contributed by atoms with Gasteiger partial charge in [-0.05, 0) is 44.4 Å². The van der Waals surface area contributed by atoms with Crippen LogP contribution in [-0.4, -0.2) is 37.4 Å². The second-order valence-electron chi connectivity index (χ2n) is 5.20. The van der Waals surface area contributed by atoms with Crippen molar-refractivity contribution in [3.05, 3.63) is 29.3 Å². The molecule has 2 N–H and O–H groups in total. The quantitative estimate of drug-likeness (QED) is 0.857. The Morgan fingerprint density at radius 2 is 2.06 bits per heavy atom. The third kappa shape index (κ3) is 3.03. The van der Waals surface area contributed by atoms with Crippen LogP contribution in [0.2, 0.25) is 0 Å². The second kappa shape index (κ2) is 6.21. The summed E-state index contributed by atoms with van der Waals surface area (Å²) in [5, 5.41) is 12.6. The lowest BCUT2D eigenvalue weighted by molar-refractivity contribution is 0.267. The molecule has 0 saturated carbocycles. The molecule has 1 aliphatic heterocycles. The van der Waals surface area contributed by atoms with Crippen LogP contribution in [0.15, 0.2) is 18.2 Å². The number of aryl methyl sites for hydroxylation is 2. The van der Waals surface area contributed by atoms with E-state index in [4.69, 9.17) is 5.11 Å². The molecule has 1 saturated heterocycles. The molecule has 0 spiro atoms. The number of rotatable bonds is 3. The van der Waals surface area contributed by atoms with Gasteiger partial charge in [-0.2, -0.15) is 0 Å². The van der Waals surface area contributed by atoms with Gasteiger partial charge in [0.15, 0.2) is 0 Å². The molecule has 1 heterocycles. The number of hydrogen-bond donors (Lipinski definition) is 2. The first-order valence-corrected chi connectivity index (χ1v) is 6.88. The van der Waals surface area contributed by atoms with E-state index in [2.05, 4.69) is 42.3 Å². The maximum absolute atomic E-state index is 9.12. The summed E-state index contributed by atoms with van der Waals surface area (Å²) in [6, 6.07) is 6.88. The van der Waals surface area contributed by atoms with E-state index in [1.807, 2.05) is 0 Å². The number of benzene rings is 1. The van der Waals surface area contributed by atoms with Gasteiger partial charge >= 0.3 is 0 Å². The minimum Gasteiger partial charge on any atom is -0.396 e. The molecule has 0 aromatic heterocycles. The maximum atomic E-state index is 9.12. The predicted octanol–water partition coefficient (Wildman–Crippen LogP) is 1.85. The van der Waals surface area contributed by atoms with Gasteiger partial charge in [0.1, 0.15) is 0 Å². The molecule has 1 atom stereocenters. The molecular weight excluding hydrogens is 224 g/mol. The summed E-state index contributed by atoms with van der Waals surface area (Å²) in [6.07, 6.45) is 2.00. The van der Waals surface area contributed by atoms with Crippen LogP contribution in [0, 0.1) is 13.8 Å². The van der Waals surface area contributed by atoms with Crippen LogP contribution in [0.25, 0.3) is 0 Å². The topological polar surface area (TPSA) is 35.5 Å². The number of para-hydroxylation sites is 1. The minimum atomic E-state index is 0.262. The smallest absolute Gasteiger partial charge is 0.0446 e. The van der Waals surface area contributed by atoms with Crippen LogP contribution >= 0.6 is 0 Å². The fourth-order valence-electron chi connectivity index (χ4n) is 2.85. The number of hydrogen-bond acceptors (Lipinski definition) is 3. The molecule has 1 aromatic rings. The Morgan fingerprint density at radius 3 is 2.72 bits per heavy atom. The van der Waals surface area contributed by atoms with Crippen molar-refractivity contribution in [2.24, 2.45) is 0 Å². The first-order valence-electron chi connectivity index (χ1n) is 6.88. The van der Waals surface area contributed by atoms with Gasteiger partial charge in [0, 0.05) is 31.4 Å². The van der Waals surface area contributed by atoms with Crippen molar-refractivity contribution in [3.8, 4) is 0 Å². The molecule has 1 unspecified atom stereocenters. The number of aliphatic hydroxyl groups excluding tert-OH is 1. The monoisotopic (exact) mass is 248 g/mol. The molecule has 100 valence electrons. The van der Waals surface area contributed by atoms with Crippen molar-refractivity contribution in [1.82, 2.24) is 5.32 Å². The van der Waals surface area contributed by atoms with Crippen LogP contribution in [0.3, 0.4) is 0 Å². The fraction of sp³-hybridized carbons (Fsp3) is 0.600. The average Bonchev–Trinajstić information content (AvgIpc) is 2.55. The van der Waals surface area contributed by atoms with E-state index in [9.17, 15) is 0 Å². The second-order valence-corrected chi connectivity index (χ2v) is 5.20. The van der Waals surface area contributed by atoms with Crippen molar-refractivity contribution >= 4 is 5.69 Å². The average molecular weight is 248 g/mol. The lowest BCUT2D eigenvalue weighted by Gasteiger charge is -2.29. The normalized spacial score (nSPS) is 20.8. The Kier molecular flexibility index (Phi) is 4.61. The lowest BCUT2D eigenvalue weighted by atomic mass is 10.1. The van der Waals surface area contributed by atoms with E-state index in [0.717, 1.165) is 32.5 Å². The highest BCUT2D eigenvalue weighted by atomic mass is 16.3. The van der Waals surface area contributed by atoms with Crippen molar-refractivity contribution in [1.29, 1.82) is 0 Å². The van der Waals surface area contributed by atoms with E-state index < -0.39 is 0 Å². The summed E-state index contributed by atoms with van der Waals surface area (Å²) >= 11 is 0. The Hall–Kier alpha value is -1.06. The third-order valence-electron chi connectivity index (χ3n) is 3.71. The van der Waals surface area contributed by atoms with Crippen molar-refractivity contribution in [2.75, 3.05) is 31.1 Å². The van der Waals surface area contributed by atoms with Gasteiger partial charge in [0.25, 0.3) is 0 Å². The van der Waals surface area contributed by atoms with Gasteiger partial charge in [-0.25, -0.2) is 0 Å². The number of nitrogens with zero attached hydrogens (tertiary/aromatic N) is 1. The molecule has 3 heteroatoms. The highest BCUT2D eigenvalue weighted by Gasteiger charge is 2.19. The molecule has 3 nitrogen and oxygen atoms in total. The van der Waals surface area contributed by atoms with Gasteiger partial charge in [0.05, 0.1) is 0 Å². The number of anilines is 1. The summed E-state index contributed by atoms with van der Waals surface area (Å²) in [7, 11) is 0. The van der Waals surface area contributed by atoms with Crippen LogP contribution in [0.1, 0.15) is 24.0 Å². The van der Waals surface area contributed by atoms with Gasteiger partial charge in [-0.1, -0.05) is 18.2 Å². The lowest BCUT2D eigenvalue weighted by Crippen LogP contribution is -2.38. The molecule has 1 aliphatic rings. The van der Waals surface area contributed by atoms with Crippen LogP contribution in [0.5, 0.6) is 0 Å². The highest BCUT2D eigenvalue weighted by Crippen LogP contribution is 2.25. The molecule has 0 radical (unpaired) electrons. The zero-order valence-corrected chi connectivity index (χ0v) is 11.4. The molecule has 18 heavy (non-hydrogen) atoms. The first kappa shape index (κ1) is 13.4. The first-order chi connectivity index (χ1) is 8.72. The molecule has 0 amide bonds. The maximum Gasteiger partial charge on any atom is 0.0446 e. The van der Waals surface area contributed by atoms with Crippen molar-refractivity contribution < 1.29 is 5.11 Å². The van der Waals surface area contributed by atoms with Gasteiger partial charge in [0.2, 0.25) is 0 Å². The zero-order valence-electron chi connectivity index (χ0n) is 11.4. The van der Waals surface area contributed by atoms with E-state index >= 15 is 0 Å². The summed E-state index contributed by atoms with van der Waals surface area (Å²) in [5.41, 5.74) is 4.07. The molecule has 2 rings (SSSR count). The summed E-state index contributed by atoms with van der Waals surface area (Å²) in [4.78, 5) is 2.48. The Morgan fingerprint density at radius 1 is 1.33 bits per heavy atom. The Labute approximate surface area is 110 Å². The standard InChI is InChI=1S/C15H24N2O/c1-12-5-3-6-13(2)15(12)17-9-4-8-16-14(11-17)7-10-18/h3,5-6,14,16,18H,4,7-11H2,1-2H3. The number of aliphatic hydroxyl groups is 1. The third-order valence-corrected chi connectivity index (χ3v) is 3.71. The summed E-state index contributed by atoms with van der Waals surface area (Å²) < 4.78 is 0. The Balaban J connectivity index is 2.20. The van der Waals surface area contributed by atoms with Gasteiger partial charge in [-0.15, -0.1) is 0 Å². The van der Waals surface area contributed by atoms with Crippen LogP contribution in [-0.2, 0) is 0 Å². The minimum absolute atomic E-state index is 0.262. The molecule has 1 aromatic carbocycles. The van der Waals surface area contributed by atoms with E-state index in [0.29, 0.717) is 6.04 Å². The van der Waals surface area contributed by atoms with E-state index in [1.165, 1.54) is 16.8 Å². The van der Waals surface area contributed by atoms with E-state index in [1.54, 1.807) is 0 Å². The van der Waals surface area contributed by atoms with Crippen LogP contribution in [0.4, 0.5) is 5.69 Å². The van der Waals surface area contributed by atoms with Gasteiger partial charge in [-0.3, -0.25) is 0 Å². The molecule has 0 aliphatic carbocycles.